The summed E-state index contributed by atoms with van der Waals surface area (Å²) in [5, 5.41) is 0. The van der Waals surface area contributed by atoms with Crippen LogP contribution in [0.1, 0.15) is 12.5 Å². The van der Waals surface area contributed by atoms with Gasteiger partial charge in [0.1, 0.15) is 12.4 Å². The third-order valence-corrected chi connectivity index (χ3v) is 1.57. The van der Waals surface area contributed by atoms with Crippen LogP contribution in [0, 0.1) is 5.82 Å². The van der Waals surface area contributed by atoms with Crippen molar-refractivity contribution < 1.29 is 13.9 Å². The van der Waals surface area contributed by atoms with Gasteiger partial charge in [-0.05, 0) is 13.0 Å². The highest BCUT2D eigenvalue weighted by Crippen LogP contribution is 2.06. The lowest BCUT2D eigenvalue weighted by molar-refractivity contribution is -0.139. The fraction of sp³-hybridized carbons (Fsp3) is 0.200. The van der Waals surface area contributed by atoms with E-state index in [-0.39, 0.29) is 12.2 Å². The Hall–Kier alpha value is -1.91. The average Bonchev–Trinajstić information content (AvgIpc) is 2.15. The monoisotopic (exact) mass is 210 g/mol. The summed E-state index contributed by atoms with van der Waals surface area (Å²) in [6, 6.07) is 1.45. The summed E-state index contributed by atoms with van der Waals surface area (Å²) in [7, 11) is 0. The SMILES string of the molecule is C/C(N)=C/C(=O)OCc1ccncc1F. The number of aromatic nitrogens is 1. The highest BCUT2D eigenvalue weighted by atomic mass is 19.1. The Bertz CT molecular complexity index is 387. The van der Waals surface area contributed by atoms with E-state index in [1.165, 1.54) is 12.3 Å². The minimum Gasteiger partial charge on any atom is -0.457 e. The maximum atomic E-state index is 13.0. The second-order valence-corrected chi connectivity index (χ2v) is 2.96. The smallest absolute Gasteiger partial charge is 0.332 e. The average molecular weight is 210 g/mol. The second-order valence-electron chi connectivity index (χ2n) is 2.96. The fourth-order valence-corrected chi connectivity index (χ4v) is 0.897. The van der Waals surface area contributed by atoms with Crippen molar-refractivity contribution in [1.82, 2.24) is 4.98 Å². The second kappa shape index (κ2) is 5.09. The van der Waals surface area contributed by atoms with Gasteiger partial charge in [-0.1, -0.05) is 0 Å². The zero-order chi connectivity index (χ0) is 11.3. The van der Waals surface area contributed by atoms with Crippen LogP contribution in [0.5, 0.6) is 0 Å². The number of carbonyl (C=O) groups excluding carboxylic acids is 1. The molecule has 15 heavy (non-hydrogen) atoms. The molecule has 0 aliphatic rings. The molecular formula is C10H11FN2O2. The first-order valence-corrected chi connectivity index (χ1v) is 4.28. The van der Waals surface area contributed by atoms with E-state index in [2.05, 4.69) is 4.98 Å². The summed E-state index contributed by atoms with van der Waals surface area (Å²) in [4.78, 5) is 14.6. The van der Waals surface area contributed by atoms with E-state index >= 15 is 0 Å². The summed E-state index contributed by atoms with van der Waals surface area (Å²) in [6.07, 6.45) is 3.63. The first kappa shape index (κ1) is 11.2. The van der Waals surface area contributed by atoms with Crippen molar-refractivity contribution in [3.05, 3.63) is 41.6 Å². The van der Waals surface area contributed by atoms with Gasteiger partial charge in [-0.25, -0.2) is 9.18 Å². The zero-order valence-electron chi connectivity index (χ0n) is 8.24. The number of carbonyl (C=O) groups is 1. The largest absolute Gasteiger partial charge is 0.457 e. The third-order valence-electron chi connectivity index (χ3n) is 1.57. The Kier molecular flexibility index (Phi) is 3.79. The highest BCUT2D eigenvalue weighted by molar-refractivity contribution is 5.82. The van der Waals surface area contributed by atoms with Crippen LogP contribution < -0.4 is 5.73 Å². The molecule has 1 rings (SSSR count). The van der Waals surface area contributed by atoms with Crippen molar-refractivity contribution in [1.29, 1.82) is 0 Å². The van der Waals surface area contributed by atoms with Crippen LogP contribution in [0.15, 0.2) is 30.2 Å². The lowest BCUT2D eigenvalue weighted by Gasteiger charge is -2.02. The normalized spacial score (nSPS) is 11.2. The van der Waals surface area contributed by atoms with Crippen LogP contribution in [0.2, 0.25) is 0 Å². The van der Waals surface area contributed by atoms with E-state index < -0.39 is 11.8 Å². The van der Waals surface area contributed by atoms with Crippen LogP contribution in [0.3, 0.4) is 0 Å². The molecule has 80 valence electrons. The number of hydrogen-bond acceptors (Lipinski definition) is 4. The van der Waals surface area contributed by atoms with E-state index in [0.717, 1.165) is 12.3 Å². The maximum absolute atomic E-state index is 13.0. The predicted octanol–water partition coefficient (Wildman–Crippen LogP) is 1.13. The van der Waals surface area contributed by atoms with Gasteiger partial charge in [0, 0.05) is 23.5 Å². The van der Waals surface area contributed by atoms with Gasteiger partial charge in [0.05, 0.1) is 6.20 Å². The zero-order valence-corrected chi connectivity index (χ0v) is 8.24. The minimum absolute atomic E-state index is 0.128. The molecule has 1 aromatic rings. The molecule has 0 aliphatic heterocycles. The minimum atomic E-state index is -0.591. The van der Waals surface area contributed by atoms with Crippen molar-refractivity contribution in [2.45, 2.75) is 13.5 Å². The Morgan fingerprint density at radius 3 is 3.07 bits per heavy atom. The van der Waals surface area contributed by atoms with Crippen LogP contribution in [0.4, 0.5) is 4.39 Å². The topological polar surface area (TPSA) is 65.2 Å². The number of rotatable bonds is 3. The number of nitrogens with zero attached hydrogens (tertiary/aromatic N) is 1. The molecule has 0 bridgehead atoms. The van der Waals surface area contributed by atoms with Gasteiger partial charge < -0.3 is 10.5 Å². The number of esters is 1. The van der Waals surface area contributed by atoms with E-state index in [0.29, 0.717) is 5.70 Å². The van der Waals surface area contributed by atoms with Gasteiger partial charge in [0.25, 0.3) is 0 Å². The highest BCUT2D eigenvalue weighted by Gasteiger charge is 2.04. The van der Waals surface area contributed by atoms with Crippen LogP contribution in [-0.2, 0) is 16.1 Å². The van der Waals surface area contributed by atoms with Crippen molar-refractivity contribution in [2.24, 2.45) is 5.73 Å². The molecule has 5 heteroatoms. The van der Waals surface area contributed by atoms with Gasteiger partial charge in [-0.3, -0.25) is 4.98 Å². The van der Waals surface area contributed by atoms with Crippen molar-refractivity contribution in [2.75, 3.05) is 0 Å². The first-order chi connectivity index (χ1) is 7.09. The number of nitrogens with two attached hydrogens (primary N) is 1. The molecular weight excluding hydrogens is 199 g/mol. The summed E-state index contributed by atoms with van der Waals surface area (Å²) in [5.74, 6) is -1.09. The van der Waals surface area contributed by atoms with Crippen molar-refractivity contribution >= 4 is 5.97 Å². The third kappa shape index (κ3) is 3.76. The molecule has 0 radical (unpaired) electrons. The molecule has 0 unspecified atom stereocenters. The molecule has 0 saturated heterocycles. The van der Waals surface area contributed by atoms with E-state index in [4.69, 9.17) is 10.5 Å². The maximum Gasteiger partial charge on any atom is 0.332 e. The van der Waals surface area contributed by atoms with Gasteiger partial charge in [0.2, 0.25) is 0 Å². The lowest BCUT2D eigenvalue weighted by atomic mass is 10.3. The number of pyridine rings is 1. The Morgan fingerprint density at radius 2 is 2.47 bits per heavy atom. The van der Waals surface area contributed by atoms with Crippen molar-refractivity contribution in [3.8, 4) is 0 Å². The molecule has 4 nitrogen and oxygen atoms in total. The van der Waals surface area contributed by atoms with Gasteiger partial charge in [0.15, 0.2) is 0 Å². The van der Waals surface area contributed by atoms with Crippen LogP contribution in [0.25, 0.3) is 0 Å². The molecule has 0 amide bonds. The predicted molar refractivity (Wildman–Crippen MR) is 51.9 cm³/mol. The summed E-state index contributed by atoms with van der Waals surface area (Å²) in [5.41, 5.74) is 5.89. The van der Waals surface area contributed by atoms with Crippen molar-refractivity contribution in [3.63, 3.8) is 0 Å². The number of hydrogen-bond donors (Lipinski definition) is 1. The number of halogens is 1. The van der Waals surface area contributed by atoms with Gasteiger partial charge >= 0.3 is 5.97 Å². The fourth-order valence-electron chi connectivity index (χ4n) is 0.897. The van der Waals surface area contributed by atoms with Gasteiger partial charge in [-0.15, -0.1) is 0 Å². The molecule has 0 aliphatic carbocycles. The van der Waals surface area contributed by atoms with E-state index in [1.807, 2.05) is 0 Å². The van der Waals surface area contributed by atoms with Crippen LogP contribution >= 0.6 is 0 Å². The number of ether oxygens (including phenoxy) is 1. The first-order valence-electron chi connectivity index (χ1n) is 4.28. The number of allylic oxidation sites excluding steroid dienone is 1. The summed E-state index contributed by atoms with van der Waals surface area (Å²) in [6.45, 7) is 1.44. The quantitative estimate of drug-likeness (QED) is 0.599. The molecule has 2 N–H and O–H groups in total. The Labute approximate surface area is 86.6 Å². The molecule has 0 atom stereocenters. The standard InChI is InChI=1S/C10H11FN2O2/c1-7(12)4-10(14)15-6-8-2-3-13-5-9(8)11/h2-5H,6,12H2,1H3/b7-4-. The molecule has 0 aromatic carbocycles. The molecule has 0 saturated carbocycles. The van der Waals surface area contributed by atoms with Crippen LogP contribution in [-0.4, -0.2) is 11.0 Å². The lowest BCUT2D eigenvalue weighted by Crippen LogP contribution is -2.05. The Morgan fingerprint density at radius 1 is 1.73 bits per heavy atom. The van der Waals surface area contributed by atoms with E-state index in [9.17, 15) is 9.18 Å². The summed E-state index contributed by atoms with van der Waals surface area (Å²) >= 11 is 0. The van der Waals surface area contributed by atoms with E-state index in [1.54, 1.807) is 6.92 Å². The summed E-state index contributed by atoms with van der Waals surface area (Å²) < 4.78 is 17.8. The molecule has 1 heterocycles. The molecule has 0 spiro atoms. The molecule has 1 aromatic heterocycles. The van der Waals surface area contributed by atoms with Gasteiger partial charge in [-0.2, -0.15) is 0 Å². The Balaban J connectivity index is 2.55. The molecule has 0 fully saturated rings.